The Morgan fingerprint density at radius 2 is 1.77 bits per heavy atom. The molecular weight excluding hydrogens is 180 g/mol. The second-order valence-electron chi connectivity index (χ2n) is 3.43. The van der Waals surface area contributed by atoms with Crippen LogP contribution in [0.1, 0.15) is 6.92 Å². The highest BCUT2D eigenvalue weighted by Crippen LogP contribution is 1.95. The first-order valence-electron chi connectivity index (χ1n) is 3.93. The number of hydrogen-bond acceptors (Lipinski definition) is 2. The molecule has 0 saturated carbocycles. The van der Waals surface area contributed by atoms with Crippen molar-refractivity contribution in [2.75, 3.05) is 0 Å². The van der Waals surface area contributed by atoms with Gasteiger partial charge < -0.3 is 0 Å². The molecule has 2 nitrogen and oxygen atoms in total. The molecule has 0 aliphatic rings. The van der Waals surface area contributed by atoms with Gasteiger partial charge in [0.25, 0.3) is 0 Å². The zero-order valence-corrected chi connectivity index (χ0v) is 9.68. The third-order valence-corrected chi connectivity index (χ3v) is 1.58. The predicted molar refractivity (Wildman–Crippen MR) is 58.1 cm³/mol. The molecule has 0 fully saturated rings. The molecule has 0 rings (SSSR count). The zero-order chi connectivity index (χ0) is 10.9. The average molecular weight is 196 g/mol. The van der Waals surface area contributed by atoms with Gasteiger partial charge in [-0.1, -0.05) is 26.2 Å². The molecule has 0 spiro atoms. The van der Waals surface area contributed by atoms with E-state index in [0.717, 1.165) is 0 Å². The molecule has 0 saturated heterocycles. The Morgan fingerprint density at radius 1 is 1.38 bits per heavy atom. The summed E-state index contributed by atoms with van der Waals surface area (Å²) >= 11 is 0. The molecular formula is C10H16O2Si. The monoisotopic (exact) mass is 196 g/mol. The van der Waals surface area contributed by atoms with E-state index in [1.165, 1.54) is 13.0 Å². The molecule has 72 valence electrons. The van der Waals surface area contributed by atoms with Crippen molar-refractivity contribution < 1.29 is 9.59 Å². The maximum absolute atomic E-state index is 10.3. The van der Waals surface area contributed by atoms with E-state index >= 15 is 0 Å². The molecule has 0 radical (unpaired) electrons. The number of hydrogen-bond donors (Lipinski definition) is 0. The summed E-state index contributed by atoms with van der Waals surface area (Å²) in [4.78, 5) is 19.4. The van der Waals surface area contributed by atoms with Gasteiger partial charge in [0.15, 0.2) is 0 Å². The minimum atomic E-state index is -1.30. The smallest absolute Gasteiger partial charge is 0.201 e. The summed E-state index contributed by atoms with van der Waals surface area (Å²) in [7, 11) is -1.30. The second kappa shape index (κ2) is 7.50. The Labute approximate surface area is 81.0 Å². The van der Waals surface area contributed by atoms with Gasteiger partial charge in [0.05, 0.1) is 0 Å². The highest BCUT2D eigenvalue weighted by atomic mass is 28.3. The first-order valence-corrected chi connectivity index (χ1v) is 7.43. The number of Topliss-reactive ketones (excluding diaryl/α,β-unsaturated/α-hetero) is 1. The van der Waals surface area contributed by atoms with Crippen molar-refractivity contribution in [2.24, 2.45) is 0 Å². The van der Waals surface area contributed by atoms with E-state index in [2.05, 4.69) is 37.7 Å². The summed E-state index contributed by atoms with van der Waals surface area (Å²) in [6.45, 7) is 10.9. The summed E-state index contributed by atoms with van der Waals surface area (Å²) in [6.07, 6.45) is 1.83. The molecule has 0 aromatic heterocycles. The molecule has 3 heteroatoms. The maximum atomic E-state index is 10.3. The van der Waals surface area contributed by atoms with Crippen molar-refractivity contribution in [2.45, 2.75) is 26.6 Å². The van der Waals surface area contributed by atoms with Crippen LogP contribution in [0, 0.1) is 11.5 Å². The minimum Gasteiger partial charge on any atom is -0.299 e. The Balaban J connectivity index is 0. The lowest BCUT2D eigenvalue weighted by Crippen LogP contribution is -2.16. The van der Waals surface area contributed by atoms with Crippen LogP contribution in [0.5, 0.6) is 0 Å². The van der Waals surface area contributed by atoms with Crippen LogP contribution in [0.15, 0.2) is 12.7 Å². The van der Waals surface area contributed by atoms with Crippen LogP contribution in [-0.2, 0) is 9.59 Å². The van der Waals surface area contributed by atoms with Crippen LogP contribution < -0.4 is 0 Å². The molecule has 0 aromatic carbocycles. The van der Waals surface area contributed by atoms with Gasteiger partial charge >= 0.3 is 0 Å². The maximum Gasteiger partial charge on any atom is 0.201 e. The third-order valence-electron chi connectivity index (χ3n) is 0.710. The van der Waals surface area contributed by atoms with E-state index in [0.29, 0.717) is 6.29 Å². The molecule has 0 aromatic rings. The normalized spacial score (nSPS) is 8.31. The number of aldehydes is 1. The van der Waals surface area contributed by atoms with Gasteiger partial charge in [0.1, 0.15) is 14.4 Å². The second-order valence-corrected chi connectivity index (χ2v) is 8.18. The number of rotatable bonds is 1. The van der Waals surface area contributed by atoms with Crippen molar-refractivity contribution in [1.29, 1.82) is 0 Å². The van der Waals surface area contributed by atoms with E-state index < -0.39 is 8.07 Å². The van der Waals surface area contributed by atoms with Crippen LogP contribution in [0.4, 0.5) is 0 Å². The Kier molecular flexibility index (Phi) is 8.30. The quantitative estimate of drug-likeness (QED) is 0.277. The lowest BCUT2D eigenvalue weighted by atomic mass is 10.5. The molecule has 0 N–H and O–H groups in total. The van der Waals surface area contributed by atoms with Gasteiger partial charge in [-0.3, -0.25) is 9.59 Å². The largest absolute Gasteiger partial charge is 0.299 e. The van der Waals surface area contributed by atoms with Crippen molar-refractivity contribution >= 4 is 20.1 Å². The summed E-state index contributed by atoms with van der Waals surface area (Å²) in [5.41, 5.74) is 2.96. The number of ketones is 1. The molecule has 0 aliphatic heterocycles. The summed E-state index contributed by atoms with van der Waals surface area (Å²) in [5, 5.41) is 0. The van der Waals surface area contributed by atoms with Crippen LogP contribution in [0.25, 0.3) is 0 Å². The highest BCUT2D eigenvalue weighted by Gasteiger charge is 2.07. The molecule has 0 unspecified atom stereocenters. The number of allylic oxidation sites excluding steroid dienone is 1. The first kappa shape index (κ1) is 14.4. The van der Waals surface area contributed by atoms with Gasteiger partial charge in [-0.15, -0.1) is 5.54 Å². The van der Waals surface area contributed by atoms with Crippen molar-refractivity contribution in [3.05, 3.63) is 12.7 Å². The Bertz CT molecular complexity index is 232. The van der Waals surface area contributed by atoms with Crippen molar-refractivity contribution in [3.8, 4) is 11.5 Å². The fraction of sp³-hybridized carbons (Fsp3) is 0.400. The van der Waals surface area contributed by atoms with E-state index in [4.69, 9.17) is 4.79 Å². The van der Waals surface area contributed by atoms with Gasteiger partial charge in [-0.25, -0.2) is 0 Å². The van der Waals surface area contributed by atoms with Crippen LogP contribution in [-0.4, -0.2) is 20.1 Å². The molecule has 0 heterocycles. The molecule has 0 bridgehead atoms. The van der Waals surface area contributed by atoms with Gasteiger partial charge in [0.2, 0.25) is 5.78 Å². The standard InChI is InChI=1S/C7H12OSi.C3H4O/c1-7(8)5-6-9(2,3)4;1-2-3-4/h1-4H3;2-3H,1H2. The SMILES string of the molecule is C=CC=O.CC(=O)C#C[Si](C)(C)C. The first-order chi connectivity index (χ1) is 5.83. The van der Waals surface area contributed by atoms with Crippen LogP contribution >= 0.6 is 0 Å². The van der Waals surface area contributed by atoms with E-state index in [1.54, 1.807) is 0 Å². The van der Waals surface area contributed by atoms with E-state index in [1.807, 2.05) is 0 Å². The summed E-state index contributed by atoms with van der Waals surface area (Å²) in [5.74, 6) is 2.53. The third kappa shape index (κ3) is 24.8. The Morgan fingerprint density at radius 3 is 1.85 bits per heavy atom. The molecule has 0 aliphatic carbocycles. The van der Waals surface area contributed by atoms with Crippen molar-refractivity contribution in [1.82, 2.24) is 0 Å². The van der Waals surface area contributed by atoms with Crippen molar-refractivity contribution in [3.63, 3.8) is 0 Å². The average Bonchev–Trinajstić information content (AvgIpc) is 2.00. The minimum absolute atomic E-state index is 0.0302. The van der Waals surface area contributed by atoms with Gasteiger partial charge in [-0.2, -0.15) is 0 Å². The number of carbonyl (C=O) groups is 2. The van der Waals surface area contributed by atoms with Crippen LogP contribution in [0.3, 0.4) is 0 Å². The van der Waals surface area contributed by atoms with Gasteiger partial charge in [0, 0.05) is 6.92 Å². The fourth-order valence-electron chi connectivity index (χ4n) is 0.276. The Hall–Kier alpha value is -1.14. The summed E-state index contributed by atoms with van der Waals surface area (Å²) < 4.78 is 0. The lowest BCUT2D eigenvalue weighted by Gasteiger charge is -2.01. The zero-order valence-electron chi connectivity index (χ0n) is 8.68. The van der Waals surface area contributed by atoms with E-state index in [9.17, 15) is 4.79 Å². The molecule has 13 heavy (non-hydrogen) atoms. The van der Waals surface area contributed by atoms with E-state index in [-0.39, 0.29) is 5.78 Å². The molecule has 0 atom stereocenters. The topological polar surface area (TPSA) is 34.1 Å². The van der Waals surface area contributed by atoms with Crippen LogP contribution in [0.2, 0.25) is 19.6 Å². The summed E-state index contributed by atoms with van der Waals surface area (Å²) in [6, 6.07) is 0. The van der Waals surface area contributed by atoms with Gasteiger partial charge in [-0.05, 0) is 12.0 Å². The highest BCUT2D eigenvalue weighted by molar-refractivity contribution is 6.84. The number of carbonyl (C=O) groups excluding carboxylic acids is 2. The lowest BCUT2D eigenvalue weighted by molar-refractivity contribution is -0.111. The molecule has 0 amide bonds. The fourth-order valence-corrected chi connectivity index (χ4v) is 0.827. The predicted octanol–water partition coefficient (Wildman–Crippen LogP) is 1.83.